The molecule has 0 fully saturated rings. The maximum absolute atomic E-state index is 10.7. The molecule has 0 rings (SSSR count). The van der Waals surface area contributed by atoms with Crippen LogP contribution in [0.5, 0.6) is 0 Å². The Hall–Kier alpha value is -0.830. The molecule has 12 heavy (non-hydrogen) atoms. The van der Waals surface area contributed by atoms with Crippen molar-refractivity contribution in [2.45, 2.75) is 26.4 Å². The molecule has 0 radical (unpaired) electrons. The summed E-state index contributed by atoms with van der Waals surface area (Å²) in [6, 6.07) is 0. The topological polar surface area (TPSA) is 57.5 Å². The van der Waals surface area contributed by atoms with E-state index in [1.807, 2.05) is 0 Å². The molecular weight excluding hydrogens is 156 g/mol. The predicted molar refractivity (Wildman–Crippen MR) is 46.8 cm³/mol. The van der Waals surface area contributed by atoms with Gasteiger partial charge in [-0.1, -0.05) is 19.9 Å². The molecule has 0 spiro atoms. The van der Waals surface area contributed by atoms with E-state index in [1.54, 1.807) is 13.8 Å². The number of hydrogen-bond acceptors (Lipinski definition) is 2. The lowest BCUT2D eigenvalue weighted by atomic mass is 9.80. The number of aliphatic hydroxyl groups is 1. The largest absolute Gasteiger partial charge is 0.481 e. The normalized spacial score (nSPS) is 18.4. The summed E-state index contributed by atoms with van der Waals surface area (Å²) < 4.78 is 0. The number of rotatable bonds is 4. The highest BCUT2D eigenvalue weighted by atomic mass is 16.4. The lowest BCUT2D eigenvalue weighted by Gasteiger charge is -2.31. The highest BCUT2D eigenvalue weighted by Crippen LogP contribution is 2.26. The summed E-state index contributed by atoms with van der Waals surface area (Å²) in [5, 5.41) is 18.5. The third-order valence-corrected chi connectivity index (χ3v) is 2.30. The van der Waals surface area contributed by atoms with Crippen molar-refractivity contribution in [1.29, 1.82) is 0 Å². The molecule has 0 aromatic heterocycles. The van der Waals surface area contributed by atoms with Crippen molar-refractivity contribution in [3.8, 4) is 0 Å². The Bertz CT molecular complexity index is 182. The minimum Gasteiger partial charge on any atom is -0.481 e. The van der Waals surface area contributed by atoms with Crippen LogP contribution < -0.4 is 0 Å². The molecule has 0 saturated heterocycles. The molecule has 3 heteroatoms. The van der Waals surface area contributed by atoms with Gasteiger partial charge >= 0.3 is 5.97 Å². The monoisotopic (exact) mass is 172 g/mol. The Morgan fingerprint density at radius 3 is 2.08 bits per heavy atom. The van der Waals surface area contributed by atoms with Crippen LogP contribution in [0.15, 0.2) is 12.7 Å². The SMILES string of the molecule is C=CC(C(=O)O)C(C)(O)C(C)C. The van der Waals surface area contributed by atoms with Crippen molar-refractivity contribution >= 4 is 5.97 Å². The van der Waals surface area contributed by atoms with Crippen LogP contribution in [0.1, 0.15) is 20.8 Å². The fourth-order valence-corrected chi connectivity index (χ4v) is 0.949. The van der Waals surface area contributed by atoms with Crippen molar-refractivity contribution in [3.05, 3.63) is 12.7 Å². The zero-order valence-corrected chi connectivity index (χ0v) is 7.74. The van der Waals surface area contributed by atoms with Gasteiger partial charge in [0.25, 0.3) is 0 Å². The first-order valence-corrected chi connectivity index (χ1v) is 3.91. The van der Waals surface area contributed by atoms with E-state index in [9.17, 15) is 9.90 Å². The van der Waals surface area contributed by atoms with Crippen LogP contribution in [0.4, 0.5) is 0 Å². The summed E-state index contributed by atoms with van der Waals surface area (Å²) in [7, 11) is 0. The van der Waals surface area contributed by atoms with Gasteiger partial charge in [0.05, 0.1) is 5.60 Å². The minimum absolute atomic E-state index is 0.114. The van der Waals surface area contributed by atoms with Crippen LogP contribution in [0, 0.1) is 11.8 Å². The molecule has 2 N–H and O–H groups in total. The summed E-state index contributed by atoms with van der Waals surface area (Å²) >= 11 is 0. The maximum atomic E-state index is 10.7. The Labute approximate surface area is 72.7 Å². The van der Waals surface area contributed by atoms with Gasteiger partial charge in [0.1, 0.15) is 5.92 Å². The third kappa shape index (κ3) is 2.08. The molecule has 3 nitrogen and oxygen atoms in total. The fraction of sp³-hybridized carbons (Fsp3) is 0.667. The number of aliphatic carboxylic acids is 1. The first kappa shape index (κ1) is 11.2. The lowest BCUT2D eigenvalue weighted by molar-refractivity contribution is -0.150. The third-order valence-electron chi connectivity index (χ3n) is 2.30. The predicted octanol–water partition coefficient (Wildman–Crippen LogP) is 1.28. The smallest absolute Gasteiger partial charge is 0.313 e. The average Bonchev–Trinajstić information content (AvgIpc) is 1.86. The van der Waals surface area contributed by atoms with E-state index in [0.29, 0.717) is 0 Å². The summed E-state index contributed by atoms with van der Waals surface area (Å²) in [5.74, 6) is -2.06. The molecule has 0 aromatic carbocycles. The summed E-state index contributed by atoms with van der Waals surface area (Å²) in [4.78, 5) is 10.7. The molecule has 0 amide bonds. The first-order chi connectivity index (χ1) is 5.34. The highest BCUT2D eigenvalue weighted by Gasteiger charge is 2.37. The van der Waals surface area contributed by atoms with Gasteiger partial charge in [-0.05, 0) is 12.8 Å². The van der Waals surface area contributed by atoms with Crippen LogP contribution >= 0.6 is 0 Å². The van der Waals surface area contributed by atoms with Crippen molar-refractivity contribution in [2.75, 3.05) is 0 Å². The Balaban J connectivity index is 4.71. The van der Waals surface area contributed by atoms with Gasteiger partial charge in [-0.25, -0.2) is 0 Å². The van der Waals surface area contributed by atoms with E-state index >= 15 is 0 Å². The van der Waals surface area contributed by atoms with Gasteiger partial charge in [0.15, 0.2) is 0 Å². The molecule has 0 heterocycles. The molecule has 0 aliphatic heterocycles. The van der Waals surface area contributed by atoms with Crippen molar-refractivity contribution < 1.29 is 15.0 Å². The Morgan fingerprint density at radius 1 is 1.58 bits per heavy atom. The molecule has 70 valence electrons. The van der Waals surface area contributed by atoms with E-state index in [2.05, 4.69) is 6.58 Å². The minimum atomic E-state index is -1.23. The molecule has 2 unspecified atom stereocenters. The molecule has 0 saturated carbocycles. The van der Waals surface area contributed by atoms with Gasteiger partial charge in [0.2, 0.25) is 0 Å². The van der Waals surface area contributed by atoms with Crippen LogP contribution in [-0.4, -0.2) is 21.8 Å². The van der Waals surface area contributed by atoms with E-state index in [-0.39, 0.29) is 5.92 Å². The van der Waals surface area contributed by atoms with E-state index in [1.165, 1.54) is 13.0 Å². The Kier molecular flexibility index (Phi) is 3.46. The highest BCUT2D eigenvalue weighted by molar-refractivity contribution is 5.73. The molecule has 0 aliphatic carbocycles. The first-order valence-electron chi connectivity index (χ1n) is 3.91. The quantitative estimate of drug-likeness (QED) is 0.628. The average molecular weight is 172 g/mol. The molecular formula is C9H16O3. The fourth-order valence-electron chi connectivity index (χ4n) is 0.949. The molecule has 0 bridgehead atoms. The van der Waals surface area contributed by atoms with Crippen LogP contribution in [-0.2, 0) is 4.79 Å². The lowest BCUT2D eigenvalue weighted by Crippen LogP contribution is -2.42. The van der Waals surface area contributed by atoms with Gasteiger partial charge in [0, 0.05) is 0 Å². The second kappa shape index (κ2) is 3.72. The van der Waals surface area contributed by atoms with Gasteiger partial charge in [-0.3, -0.25) is 4.79 Å². The van der Waals surface area contributed by atoms with Crippen molar-refractivity contribution in [2.24, 2.45) is 11.8 Å². The Morgan fingerprint density at radius 2 is 2.00 bits per heavy atom. The maximum Gasteiger partial charge on any atom is 0.313 e. The number of carboxylic acid groups (broad SMARTS) is 1. The van der Waals surface area contributed by atoms with Crippen molar-refractivity contribution in [1.82, 2.24) is 0 Å². The van der Waals surface area contributed by atoms with Gasteiger partial charge in [-0.2, -0.15) is 0 Å². The number of carboxylic acids is 1. The number of carbonyl (C=O) groups is 1. The molecule has 0 aliphatic rings. The summed E-state index contributed by atoms with van der Waals surface area (Å²) in [6.45, 7) is 8.46. The standard InChI is InChI=1S/C9H16O3/c1-5-7(8(10)11)9(4,12)6(2)3/h5-7,12H,1H2,2-4H3,(H,10,11). The van der Waals surface area contributed by atoms with E-state index in [0.717, 1.165) is 0 Å². The van der Waals surface area contributed by atoms with Crippen molar-refractivity contribution in [3.63, 3.8) is 0 Å². The second-order valence-electron chi connectivity index (χ2n) is 3.43. The second-order valence-corrected chi connectivity index (χ2v) is 3.43. The van der Waals surface area contributed by atoms with Crippen LogP contribution in [0.3, 0.4) is 0 Å². The summed E-state index contributed by atoms with van der Waals surface area (Å²) in [5.41, 5.74) is -1.23. The molecule has 2 atom stereocenters. The molecule has 0 aromatic rings. The van der Waals surface area contributed by atoms with E-state index < -0.39 is 17.5 Å². The van der Waals surface area contributed by atoms with Crippen LogP contribution in [0.25, 0.3) is 0 Å². The van der Waals surface area contributed by atoms with Gasteiger partial charge < -0.3 is 10.2 Å². The van der Waals surface area contributed by atoms with Gasteiger partial charge in [-0.15, -0.1) is 6.58 Å². The summed E-state index contributed by atoms with van der Waals surface area (Å²) in [6.07, 6.45) is 1.27. The van der Waals surface area contributed by atoms with E-state index in [4.69, 9.17) is 5.11 Å². The number of hydrogen-bond donors (Lipinski definition) is 2. The van der Waals surface area contributed by atoms with Crippen LogP contribution in [0.2, 0.25) is 0 Å². The zero-order chi connectivity index (χ0) is 9.94. The zero-order valence-electron chi connectivity index (χ0n) is 7.74.